The second-order valence-electron chi connectivity index (χ2n) is 11.4. The summed E-state index contributed by atoms with van der Waals surface area (Å²) in [5.74, 6) is 0.127. The molecule has 10 nitrogen and oxygen atoms in total. The summed E-state index contributed by atoms with van der Waals surface area (Å²) >= 11 is 0. The van der Waals surface area contributed by atoms with Crippen molar-refractivity contribution in [1.82, 2.24) is 5.32 Å². The molecule has 2 amide bonds. The zero-order valence-corrected chi connectivity index (χ0v) is 28.1. The van der Waals surface area contributed by atoms with Crippen LogP contribution in [0.15, 0.2) is 90.2 Å². The van der Waals surface area contributed by atoms with Crippen LogP contribution in [-0.4, -0.2) is 55.6 Å². The SMILES string of the molecule is COc1ccc(C(=O)N/C=C/C(C)=C/[C@@H](C)[C@H]2C/C(C)=C/C=C/CC[C@H](OC(N)=O)[C@@H](O)/C=C/CCCC/C=C/C(=O)O2)c(OC)c1. The first kappa shape index (κ1) is 38.6. The first-order valence-electron chi connectivity index (χ1n) is 15.9. The van der Waals surface area contributed by atoms with E-state index in [1.165, 1.54) is 13.2 Å². The van der Waals surface area contributed by atoms with E-state index < -0.39 is 30.4 Å². The molecule has 47 heavy (non-hydrogen) atoms. The second kappa shape index (κ2) is 21.3. The van der Waals surface area contributed by atoms with E-state index in [4.69, 9.17) is 24.7 Å². The number of allylic oxidation sites excluding steroid dienone is 7. The molecule has 4 atom stereocenters. The summed E-state index contributed by atoms with van der Waals surface area (Å²) in [6, 6.07) is 4.98. The van der Waals surface area contributed by atoms with Gasteiger partial charge in [0.25, 0.3) is 5.91 Å². The molecule has 0 spiro atoms. The van der Waals surface area contributed by atoms with Gasteiger partial charge >= 0.3 is 12.1 Å². The van der Waals surface area contributed by atoms with Crippen molar-refractivity contribution >= 4 is 18.0 Å². The van der Waals surface area contributed by atoms with Crippen LogP contribution in [0, 0.1) is 5.92 Å². The molecule has 4 N–H and O–H groups in total. The number of rotatable bonds is 8. The van der Waals surface area contributed by atoms with Gasteiger partial charge in [-0.05, 0) is 70.6 Å². The fourth-order valence-electron chi connectivity index (χ4n) is 4.90. The lowest BCUT2D eigenvalue weighted by molar-refractivity contribution is -0.144. The maximum atomic E-state index is 12.8. The molecule has 1 aliphatic heterocycles. The lowest BCUT2D eigenvalue weighted by Gasteiger charge is -2.22. The average Bonchev–Trinajstić information content (AvgIpc) is 3.03. The Kier molecular flexibility index (Phi) is 17.5. The van der Waals surface area contributed by atoms with Crippen molar-refractivity contribution < 1.29 is 38.4 Å². The van der Waals surface area contributed by atoms with Crippen molar-refractivity contribution in [2.75, 3.05) is 14.2 Å². The number of nitrogens with two attached hydrogens (primary N) is 1. The number of aliphatic hydroxyl groups excluding tert-OH is 1. The molecule has 1 aromatic rings. The lowest BCUT2D eigenvalue weighted by atomic mass is 9.95. The van der Waals surface area contributed by atoms with Crippen molar-refractivity contribution in [2.45, 2.75) is 84.0 Å². The number of cyclic esters (lactones) is 1. The summed E-state index contributed by atoms with van der Waals surface area (Å²) in [5.41, 5.74) is 7.47. The van der Waals surface area contributed by atoms with Gasteiger partial charge in [-0.15, -0.1) is 0 Å². The number of hydrogen-bond donors (Lipinski definition) is 3. The van der Waals surface area contributed by atoms with Gasteiger partial charge in [-0.1, -0.05) is 60.6 Å². The van der Waals surface area contributed by atoms with Gasteiger partial charge < -0.3 is 35.1 Å². The number of amides is 2. The highest BCUT2D eigenvalue weighted by molar-refractivity contribution is 5.97. The Bertz CT molecular complexity index is 1360. The maximum Gasteiger partial charge on any atom is 0.404 e. The topological polar surface area (TPSA) is 146 Å². The summed E-state index contributed by atoms with van der Waals surface area (Å²) in [4.78, 5) is 36.9. The molecule has 0 saturated carbocycles. The van der Waals surface area contributed by atoms with Crippen LogP contribution in [0.2, 0.25) is 0 Å². The van der Waals surface area contributed by atoms with Gasteiger partial charge in [0, 0.05) is 30.7 Å². The number of ether oxygens (including phenoxy) is 4. The predicted molar refractivity (Wildman–Crippen MR) is 183 cm³/mol. The van der Waals surface area contributed by atoms with Gasteiger partial charge in [0.15, 0.2) is 0 Å². The number of carbonyl (C=O) groups is 3. The lowest BCUT2D eigenvalue weighted by Crippen LogP contribution is -2.32. The minimum Gasteiger partial charge on any atom is -0.497 e. The molecule has 256 valence electrons. The van der Waals surface area contributed by atoms with Crippen LogP contribution >= 0.6 is 0 Å². The molecule has 1 aliphatic rings. The normalized spacial score (nSPS) is 24.5. The highest BCUT2D eigenvalue weighted by Crippen LogP contribution is 2.25. The highest BCUT2D eigenvalue weighted by atomic mass is 16.6. The van der Waals surface area contributed by atoms with Crippen LogP contribution < -0.4 is 20.5 Å². The number of hydrogen-bond acceptors (Lipinski definition) is 8. The molecule has 0 fully saturated rings. The molecule has 0 saturated heterocycles. The Hall–Kier alpha value is -4.57. The number of carbonyl (C=O) groups excluding carboxylic acids is 3. The zero-order valence-electron chi connectivity index (χ0n) is 28.1. The van der Waals surface area contributed by atoms with E-state index in [0.717, 1.165) is 30.4 Å². The van der Waals surface area contributed by atoms with Crippen molar-refractivity contribution in [3.8, 4) is 11.5 Å². The van der Waals surface area contributed by atoms with Crippen LogP contribution in [0.3, 0.4) is 0 Å². The third kappa shape index (κ3) is 15.0. The maximum absolute atomic E-state index is 12.8. The van der Waals surface area contributed by atoms with Crippen molar-refractivity contribution in [2.24, 2.45) is 11.7 Å². The van der Waals surface area contributed by atoms with Gasteiger partial charge in [0.1, 0.15) is 29.8 Å². The van der Waals surface area contributed by atoms with E-state index in [-0.39, 0.29) is 11.8 Å². The molecular weight excluding hydrogens is 600 g/mol. The van der Waals surface area contributed by atoms with E-state index in [9.17, 15) is 19.5 Å². The molecule has 0 aliphatic carbocycles. The number of methoxy groups -OCH3 is 2. The first-order chi connectivity index (χ1) is 22.5. The molecule has 2 rings (SSSR count). The van der Waals surface area contributed by atoms with Crippen molar-refractivity contribution in [3.05, 3.63) is 95.8 Å². The first-order valence-corrected chi connectivity index (χ1v) is 15.9. The number of esters is 1. The van der Waals surface area contributed by atoms with Crippen molar-refractivity contribution in [1.29, 1.82) is 0 Å². The van der Waals surface area contributed by atoms with Crippen molar-refractivity contribution in [3.63, 3.8) is 0 Å². The monoisotopic (exact) mass is 650 g/mol. The standard InChI is InChI=1S/C37H50N2O8/c1-26-15-11-10-13-17-32(47-37(38)43)31(40)16-12-8-6-7-9-14-18-35(41)46-33(24-26)28(3)23-27(2)21-22-39-36(42)30-20-19-29(44-4)25-34(30)45-5/h10-12,14-16,18-23,25,28,31-33,40H,6-9,13,17,24H2,1-5H3,(H2,38,43)(H,39,42)/b11-10+,16-12+,18-14+,22-21+,26-15+,27-23+/t28-,31+,32+,33-/m1/s1. The molecule has 10 heteroatoms. The summed E-state index contributed by atoms with van der Waals surface area (Å²) < 4.78 is 21.6. The second-order valence-corrected chi connectivity index (χ2v) is 11.4. The Morgan fingerprint density at radius 3 is 2.55 bits per heavy atom. The average molecular weight is 651 g/mol. The Morgan fingerprint density at radius 2 is 1.85 bits per heavy atom. The number of primary amides is 1. The largest absolute Gasteiger partial charge is 0.497 e. The molecule has 0 unspecified atom stereocenters. The smallest absolute Gasteiger partial charge is 0.404 e. The Labute approximate surface area is 278 Å². The van der Waals surface area contributed by atoms with Gasteiger partial charge in [0.05, 0.1) is 19.8 Å². The quantitative estimate of drug-likeness (QED) is 0.162. The predicted octanol–water partition coefficient (Wildman–Crippen LogP) is 6.63. The van der Waals surface area contributed by atoms with E-state index in [0.29, 0.717) is 42.7 Å². The molecule has 0 bridgehead atoms. The van der Waals surface area contributed by atoms with Crippen LogP contribution in [0.25, 0.3) is 0 Å². The van der Waals surface area contributed by atoms with E-state index in [1.807, 2.05) is 57.2 Å². The molecule has 1 heterocycles. The van der Waals surface area contributed by atoms with E-state index in [1.54, 1.807) is 43.7 Å². The Morgan fingerprint density at radius 1 is 1.11 bits per heavy atom. The molecule has 0 radical (unpaired) electrons. The number of benzene rings is 1. The minimum atomic E-state index is -0.949. The van der Waals surface area contributed by atoms with E-state index >= 15 is 0 Å². The summed E-state index contributed by atoms with van der Waals surface area (Å²) in [6.45, 7) is 5.86. The molecule has 1 aromatic carbocycles. The highest BCUT2D eigenvalue weighted by Gasteiger charge is 2.21. The summed E-state index contributed by atoms with van der Waals surface area (Å²) in [5, 5.41) is 13.3. The van der Waals surface area contributed by atoms with Gasteiger partial charge in [-0.3, -0.25) is 4.79 Å². The third-order valence-corrected chi connectivity index (χ3v) is 7.48. The zero-order chi connectivity index (χ0) is 34.6. The summed E-state index contributed by atoms with van der Waals surface area (Å²) in [6.07, 6.45) is 19.5. The number of aliphatic hydroxyl groups is 1. The Balaban J connectivity index is 2.16. The fourth-order valence-corrected chi connectivity index (χ4v) is 4.90. The van der Waals surface area contributed by atoms with Gasteiger partial charge in [-0.25, -0.2) is 9.59 Å². The van der Waals surface area contributed by atoms with Gasteiger partial charge in [-0.2, -0.15) is 0 Å². The number of nitrogens with one attached hydrogen (secondary N) is 1. The van der Waals surface area contributed by atoms with Crippen LogP contribution in [0.5, 0.6) is 11.5 Å². The molecule has 0 aromatic heterocycles. The summed E-state index contributed by atoms with van der Waals surface area (Å²) in [7, 11) is 3.04. The van der Waals surface area contributed by atoms with Crippen LogP contribution in [0.4, 0.5) is 4.79 Å². The minimum absolute atomic E-state index is 0.139. The fraction of sp³-hybridized carbons (Fsp3) is 0.432. The molecular formula is C37H50N2O8. The third-order valence-electron chi connectivity index (χ3n) is 7.48. The van der Waals surface area contributed by atoms with Crippen LogP contribution in [0.1, 0.15) is 76.1 Å². The van der Waals surface area contributed by atoms with E-state index in [2.05, 4.69) is 5.32 Å². The van der Waals surface area contributed by atoms with Gasteiger partial charge in [0.2, 0.25) is 0 Å². The van der Waals surface area contributed by atoms with Crippen LogP contribution in [-0.2, 0) is 14.3 Å².